The third-order valence-electron chi connectivity index (χ3n) is 6.51. The van der Waals surface area contributed by atoms with Crippen molar-refractivity contribution in [2.75, 3.05) is 33.2 Å². The monoisotopic (exact) mass is 497 g/mol. The van der Waals surface area contributed by atoms with Crippen LogP contribution < -0.4 is 0 Å². The van der Waals surface area contributed by atoms with Gasteiger partial charge in [0.15, 0.2) is 0 Å². The zero-order valence-corrected chi connectivity index (χ0v) is 18.3. The van der Waals surface area contributed by atoms with Gasteiger partial charge in [-0.15, -0.1) is 0 Å². The minimum atomic E-state index is -0.833. The molecule has 1 saturated carbocycles. The Bertz CT molecular complexity index is 323. The van der Waals surface area contributed by atoms with E-state index in [1.807, 2.05) is 0 Å². The average molecular weight is 496 g/mol. The summed E-state index contributed by atoms with van der Waals surface area (Å²) >= 11 is 2.03. The molecule has 0 amide bonds. The molecule has 2 nitrogen and oxygen atoms in total. The molecule has 1 spiro atoms. The van der Waals surface area contributed by atoms with Crippen molar-refractivity contribution in [2.24, 2.45) is 5.41 Å². The molecule has 4 heteroatoms. The van der Waals surface area contributed by atoms with E-state index in [-0.39, 0.29) is 0 Å². The van der Waals surface area contributed by atoms with Crippen LogP contribution in [0.4, 0.5) is 0 Å². The molecule has 20 heavy (non-hydrogen) atoms. The number of hydrogen-bond acceptors (Lipinski definition) is 2. The van der Waals surface area contributed by atoms with E-state index >= 15 is 0 Å². The van der Waals surface area contributed by atoms with Gasteiger partial charge < -0.3 is 0 Å². The Hall–Kier alpha value is 1.45. The standard InChI is InChI=1S/C16H30N2.HI.Sn/c1-5-16(6-2)9-7-15(3,8-10-16)18-13-11-17(4)12-14-18;;/h1-2,5-14H2,3-4H3;1H;/p-1. The molecule has 3 fully saturated rings. The normalized spacial score (nSPS) is 32.5. The summed E-state index contributed by atoms with van der Waals surface area (Å²) in [6, 6.07) is 0. The molecule has 116 valence electrons. The summed E-state index contributed by atoms with van der Waals surface area (Å²) in [6.45, 7) is 7.70. The molecule has 0 N–H and O–H groups in total. The van der Waals surface area contributed by atoms with Gasteiger partial charge in [-0.3, -0.25) is 0 Å². The summed E-state index contributed by atoms with van der Waals surface area (Å²) < 4.78 is 3.35. The zero-order chi connectivity index (χ0) is 14.2. The van der Waals surface area contributed by atoms with Crippen molar-refractivity contribution >= 4 is 34.4 Å². The van der Waals surface area contributed by atoms with E-state index in [1.54, 1.807) is 21.7 Å². The SMILES string of the molecule is CN1CCN(C2(C)CCC3(C[CH2][Sn-]([I])[CH2]C3)CC2)CC1. The van der Waals surface area contributed by atoms with Gasteiger partial charge in [0, 0.05) is 0 Å². The summed E-state index contributed by atoms with van der Waals surface area (Å²) in [5.41, 5.74) is 1.32. The van der Waals surface area contributed by atoms with E-state index < -0.39 is 15.8 Å². The molecule has 2 heterocycles. The van der Waals surface area contributed by atoms with Crippen LogP contribution in [0.15, 0.2) is 0 Å². The number of nitrogens with zero attached hydrogens (tertiary/aromatic N) is 2. The summed E-state index contributed by atoms with van der Waals surface area (Å²) in [5.74, 6) is 0. The Balaban J connectivity index is 1.57. The molecule has 0 unspecified atom stereocenters. The van der Waals surface area contributed by atoms with Crippen molar-refractivity contribution in [1.29, 1.82) is 0 Å². The second-order valence-corrected chi connectivity index (χ2v) is 23.8. The van der Waals surface area contributed by atoms with Crippen molar-refractivity contribution in [3.8, 4) is 0 Å². The summed E-state index contributed by atoms with van der Waals surface area (Å²) in [4.78, 5) is 5.31. The van der Waals surface area contributed by atoms with Crippen LogP contribution in [-0.4, -0.2) is 64.4 Å². The first kappa shape index (κ1) is 16.3. The van der Waals surface area contributed by atoms with Crippen LogP contribution in [0.3, 0.4) is 0 Å². The molecule has 3 rings (SSSR count). The first-order valence-electron chi connectivity index (χ1n) is 8.45. The molecule has 0 aromatic rings. The number of hydrogen-bond donors (Lipinski definition) is 0. The van der Waals surface area contributed by atoms with Gasteiger partial charge in [0.1, 0.15) is 0 Å². The van der Waals surface area contributed by atoms with E-state index in [9.17, 15) is 0 Å². The molecule has 1 aliphatic carbocycles. The Morgan fingerprint density at radius 3 is 1.95 bits per heavy atom. The molecule has 0 aromatic heterocycles. The second-order valence-electron chi connectivity index (χ2n) is 7.80. The van der Waals surface area contributed by atoms with Gasteiger partial charge in [0.25, 0.3) is 0 Å². The topological polar surface area (TPSA) is 6.48 Å². The Morgan fingerprint density at radius 2 is 1.40 bits per heavy atom. The summed E-state index contributed by atoms with van der Waals surface area (Å²) in [7, 11) is 2.27. The predicted octanol–water partition coefficient (Wildman–Crippen LogP) is 3.77. The van der Waals surface area contributed by atoms with Crippen LogP contribution in [0.5, 0.6) is 0 Å². The van der Waals surface area contributed by atoms with Crippen molar-refractivity contribution < 1.29 is 0 Å². The Kier molecular flexibility index (Phi) is 5.32. The van der Waals surface area contributed by atoms with Crippen LogP contribution >= 0.6 is 18.6 Å². The van der Waals surface area contributed by atoms with Crippen LogP contribution in [-0.2, 0) is 0 Å². The van der Waals surface area contributed by atoms with Gasteiger partial charge in [0.2, 0.25) is 0 Å². The van der Waals surface area contributed by atoms with Crippen molar-refractivity contribution in [1.82, 2.24) is 9.80 Å². The van der Waals surface area contributed by atoms with Gasteiger partial charge in [-0.05, 0) is 0 Å². The van der Waals surface area contributed by atoms with Crippen LogP contribution in [0.2, 0.25) is 8.87 Å². The van der Waals surface area contributed by atoms with Gasteiger partial charge in [-0.25, -0.2) is 0 Å². The maximum absolute atomic E-state index is 2.86. The quantitative estimate of drug-likeness (QED) is 0.403. The van der Waals surface area contributed by atoms with Crippen LogP contribution in [0.1, 0.15) is 45.4 Å². The molecule has 2 saturated heterocycles. The summed E-state index contributed by atoms with van der Waals surface area (Å²) in [5, 5.41) is 0. The van der Waals surface area contributed by atoms with E-state index in [1.165, 1.54) is 51.9 Å². The molecule has 0 bridgehead atoms. The minimum absolute atomic E-state index is 0.524. The van der Waals surface area contributed by atoms with Gasteiger partial charge in [0.05, 0.1) is 0 Å². The molecular formula is C16H30IN2Sn-. The van der Waals surface area contributed by atoms with Crippen molar-refractivity contribution in [2.45, 2.75) is 59.9 Å². The van der Waals surface area contributed by atoms with Gasteiger partial charge in [-0.1, -0.05) is 0 Å². The molecule has 2 aliphatic heterocycles. The van der Waals surface area contributed by atoms with Crippen molar-refractivity contribution in [3.63, 3.8) is 0 Å². The van der Waals surface area contributed by atoms with Crippen molar-refractivity contribution in [3.05, 3.63) is 0 Å². The third-order valence-corrected chi connectivity index (χ3v) is 18.3. The Morgan fingerprint density at radius 1 is 0.850 bits per heavy atom. The Labute approximate surface area is 142 Å². The second kappa shape index (κ2) is 6.52. The van der Waals surface area contributed by atoms with E-state index in [2.05, 4.69) is 42.4 Å². The average Bonchev–Trinajstić information content (AvgIpc) is 2.46. The molecule has 3 aliphatic rings. The van der Waals surface area contributed by atoms with Gasteiger partial charge >= 0.3 is 143 Å². The van der Waals surface area contributed by atoms with Crippen LogP contribution in [0, 0.1) is 5.41 Å². The maximum atomic E-state index is 2.86. The number of piperazine rings is 1. The molecule has 0 radical (unpaired) electrons. The first-order chi connectivity index (χ1) is 9.51. The third kappa shape index (κ3) is 3.51. The molecule has 0 aromatic carbocycles. The van der Waals surface area contributed by atoms with E-state index in [4.69, 9.17) is 0 Å². The van der Waals surface area contributed by atoms with E-state index in [0.29, 0.717) is 5.54 Å². The zero-order valence-electron chi connectivity index (χ0n) is 13.3. The fraction of sp³-hybridized carbons (Fsp3) is 1.00. The molecular weight excluding hydrogens is 466 g/mol. The first-order valence-corrected chi connectivity index (χ1v) is 20.8. The fourth-order valence-corrected chi connectivity index (χ4v) is 13.4. The predicted molar refractivity (Wildman–Crippen MR) is 97.0 cm³/mol. The number of likely N-dealkylation sites (N-methyl/N-ethyl adjacent to an activating group) is 1. The van der Waals surface area contributed by atoms with E-state index in [0.717, 1.165) is 5.41 Å². The van der Waals surface area contributed by atoms with Crippen LogP contribution in [0.25, 0.3) is 0 Å². The van der Waals surface area contributed by atoms with Gasteiger partial charge in [-0.2, -0.15) is 0 Å². The molecule has 0 atom stereocenters. The fourth-order valence-electron chi connectivity index (χ4n) is 4.53. The number of rotatable bonds is 1. The summed E-state index contributed by atoms with van der Waals surface area (Å²) in [6.07, 6.45) is 9.20. The number of halogens is 1.